The first kappa shape index (κ1) is 18.4. The van der Waals surface area contributed by atoms with Crippen LogP contribution in [0.15, 0.2) is 42.6 Å². The molecule has 5 heteroatoms. The Labute approximate surface area is 165 Å². The van der Waals surface area contributed by atoms with Crippen molar-refractivity contribution in [3.63, 3.8) is 0 Å². The number of rotatable bonds is 3. The number of hydrogen-bond donors (Lipinski definition) is 1. The summed E-state index contributed by atoms with van der Waals surface area (Å²) in [5.74, 6) is 0.715. The third-order valence-electron chi connectivity index (χ3n) is 5.49. The van der Waals surface area contributed by atoms with Crippen LogP contribution in [0.2, 0.25) is 0 Å². The van der Waals surface area contributed by atoms with Gasteiger partial charge in [-0.2, -0.15) is 0 Å². The maximum atomic E-state index is 13.3. The Bertz CT molecular complexity index is 1010. The van der Waals surface area contributed by atoms with Crippen LogP contribution < -0.4 is 5.32 Å². The van der Waals surface area contributed by atoms with Gasteiger partial charge >= 0.3 is 0 Å². The van der Waals surface area contributed by atoms with Gasteiger partial charge in [0.05, 0.1) is 11.3 Å². The molecule has 28 heavy (non-hydrogen) atoms. The number of hydrogen-bond acceptors (Lipinski definition) is 4. The molecule has 3 heterocycles. The Balaban J connectivity index is 1.77. The first-order valence-corrected chi connectivity index (χ1v) is 9.90. The minimum atomic E-state index is 0.0384. The molecule has 0 atom stereocenters. The summed E-state index contributed by atoms with van der Waals surface area (Å²) in [7, 11) is 0. The quantitative estimate of drug-likeness (QED) is 0.711. The molecule has 1 fully saturated rings. The van der Waals surface area contributed by atoms with E-state index in [4.69, 9.17) is 0 Å². The molecule has 4 rings (SSSR count). The predicted molar refractivity (Wildman–Crippen MR) is 113 cm³/mol. The van der Waals surface area contributed by atoms with E-state index in [0.29, 0.717) is 17.1 Å². The molecule has 0 unspecified atom stereocenters. The van der Waals surface area contributed by atoms with Gasteiger partial charge in [-0.1, -0.05) is 24.6 Å². The number of carbonyl (C=O) groups is 1. The van der Waals surface area contributed by atoms with Crippen molar-refractivity contribution in [2.45, 2.75) is 33.6 Å². The lowest BCUT2D eigenvalue weighted by Crippen LogP contribution is -2.38. The Hall–Kier alpha value is -2.95. The molecule has 3 aromatic rings. The fourth-order valence-electron chi connectivity index (χ4n) is 3.63. The summed E-state index contributed by atoms with van der Waals surface area (Å²) in [5.41, 5.74) is 5.09. The first-order chi connectivity index (χ1) is 13.5. The molecule has 0 spiro atoms. The highest BCUT2D eigenvalue weighted by Gasteiger charge is 2.25. The zero-order valence-corrected chi connectivity index (χ0v) is 16.7. The number of amides is 1. The first-order valence-electron chi connectivity index (χ1n) is 9.90. The molecule has 1 aliphatic rings. The molecule has 1 amide bonds. The largest absolute Gasteiger partial charge is 0.354 e. The molecule has 0 radical (unpaired) electrons. The maximum Gasteiger partial charge on any atom is 0.257 e. The van der Waals surface area contributed by atoms with Crippen molar-refractivity contribution in [2.24, 2.45) is 5.92 Å². The number of anilines is 2. The van der Waals surface area contributed by atoms with Gasteiger partial charge in [0, 0.05) is 36.1 Å². The van der Waals surface area contributed by atoms with Crippen molar-refractivity contribution in [1.82, 2.24) is 14.9 Å². The molecule has 2 aromatic heterocycles. The zero-order valence-electron chi connectivity index (χ0n) is 16.7. The van der Waals surface area contributed by atoms with Crippen LogP contribution >= 0.6 is 0 Å². The number of piperidine rings is 1. The summed E-state index contributed by atoms with van der Waals surface area (Å²) in [6.07, 6.45) is 3.77. The topological polar surface area (TPSA) is 58.1 Å². The van der Waals surface area contributed by atoms with Crippen LogP contribution in [0, 0.1) is 19.8 Å². The maximum absolute atomic E-state index is 13.3. The van der Waals surface area contributed by atoms with Gasteiger partial charge in [-0.15, -0.1) is 0 Å². The van der Waals surface area contributed by atoms with Crippen LogP contribution in [0.4, 0.5) is 11.4 Å². The smallest absolute Gasteiger partial charge is 0.257 e. The fraction of sp³-hybridized carbons (Fsp3) is 0.348. The molecule has 0 saturated carbocycles. The van der Waals surface area contributed by atoms with E-state index in [1.54, 1.807) is 6.20 Å². The fourth-order valence-corrected chi connectivity index (χ4v) is 3.63. The average Bonchev–Trinajstić information content (AvgIpc) is 2.70. The molecular formula is C23H26N4O. The van der Waals surface area contributed by atoms with E-state index in [1.807, 2.05) is 36.1 Å². The van der Waals surface area contributed by atoms with Crippen LogP contribution in [-0.4, -0.2) is 33.9 Å². The minimum absolute atomic E-state index is 0.0384. The van der Waals surface area contributed by atoms with E-state index in [-0.39, 0.29) is 5.91 Å². The standard InChI is InChI=1S/C23H26N4O/c1-15-4-7-18(8-5-15)26-21-19-9-6-17(3)25-22(19)24-14-20(21)23(28)27-12-10-16(2)11-13-27/h4-9,14,16H,10-13H2,1-3H3,(H,24,25,26). The van der Waals surface area contributed by atoms with Crippen LogP contribution in [0.25, 0.3) is 11.0 Å². The zero-order chi connectivity index (χ0) is 19.7. The molecule has 0 bridgehead atoms. The predicted octanol–water partition coefficient (Wildman–Crippen LogP) is 4.86. The van der Waals surface area contributed by atoms with Crippen molar-refractivity contribution < 1.29 is 4.79 Å². The number of nitrogens with zero attached hydrogens (tertiary/aromatic N) is 3. The van der Waals surface area contributed by atoms with Crippen LogP contribution in [0.3, 0.4) is 0 Å². The number of pyridine rings is 2. The molecule has 1 aromatic carbocycles. The Kier molecular flexibility index (Phi) is 4.99. The Morgan fingerprint density at radius 3 is 2.50 bits per heavy atom. The summed E-state index contributed by atoms with van der Waals surface area (Å²) < 4.78 is 0. The van der Waals surface area contributed by atoms with Crippen LogP contribution in [-0.2, 0) is 0 Å². The summed E-state index contributed by atoms with van der Waals surface area (Å²) in [4.78, 5) is 24.3. The molecule has 0 aliphatic carbocycles. The number of aryl methyl sites for hydroxylation is 2. The Morgan fingerprint density at radius 1 is 1.07 bits per heavy atom. The van der Waals surface area contributed by atoms with Crippen LogP contribution in [0.5, 0.6) is 0 Å². The monoisotopic (exact) mass is 374 g/mol. The molecule has 1 saturated heterocycles. The summed E-state index contributed by atoms with van der Waals surface area (Å²) in [6.45, 7) is 7.85. The van der Waals surface area contributed by atoms with Gasteiger partial charge < -0.3 is 10.2 Å². The van der Waals surface area contributed by atoms with E-state index in [1.165, 1.54) is 5.56 Å². The van der Waals surface area contributed by atoms with Crippen molar-refractivity contribution >= 4 is 28.3 Å². The van der Waals surface area contributed by atoms with Gasteiger partial charge in [-0.05, 0) is 56.9 Å². The van der Waals surface area contributed by atoms with E-state index >= 15 is 0 Å². The molecule has 1 N–H and O–H groups in total. The molecular weight excluding hydrogens is 348 g/mol. The minimum Gasteiger partial charge on any atom is -0.354 e. The highest BCUT2D eigenvalue weighted by Crippen LogP contribution is 2.30. The second kappa shape index (κ2) is 7.58. The van der Waals surface area contributed by atoms with Gasteiger partial charge in [0.25, 0.3) is 5.91 Å². The van der Waals surface area contributed by atoms with Crippen LogP contribution in [0.1, 0.15) is 41.4 Å². The van der Waals surface area contributed by atoms with E-state index < -0.39 is 0 Å². The normalized spacial score (nSPS) is 15.0. The average molecular weight is 374 g/mol. The van der Waals surface area contributed by atoms with Crippen molar-refractivity contribution in [2.75, 3.05) is 18.4 Å². The van der Waals surface area contributed by atoms with E-state index in [0.717, 1.165) is 48.4 Å². The van der Waals surface area contributed by atoms with Gasteiger partial charge in [-0.25, -0.2) is 9.97 Å². The second-order valence-corrected chi connectivity index (χ2v) is 7.84. The van der Waals surface area contributed by atoms with Gasteiger partial charge in [0.15, 0.2) is 5.65 Å². The van der Waals surface area contributed by atoms with Gasteiger partial charge in [-0.3, -0.25) is 4.79 Å². The van der Waals surface area contributed by atoms with E-state index in [9.17, 15) is 4.79 Å². The Morgan fingerprint density at radius 2 is 1.79 bits per heavy atom. The SMILES string of the molecule is Cc1ccc(Nc2c(C(=O)N3CCC(C)CC3)cnc3nc(C)ccc23)cc1. The highest BCUT2D eigenvalue weighted by molar-refractivity contribution is 6.07. The number of benzene rings is 1. The molecule has 1 aliphatic heterocycles. The molecule has 5 nitrogen and oxygen atoms in total. The number of aromatic nitrogens is 2. The highest BCUT2D eigenvalue weighted by atomic mass is 16.2. The van der Waals surface area contributed by atoms with Gasteiger partial charge in [0.2, 0.25) is 0 Å². The number of fused-ring (bicyclic) bond motifs is 1. The number of carbonyl (C=O) groups excluding carboxylic acids is 1. The molecule has 144 valence electrons. The number of nitrogens with one attached hydrogen (secondary N) is 1. The third-order valence-corrected chi connectivity index (χ3v) is 5.49. The summed E-state index contributed by atoms with van der Waals surface area (Å²) in [6, 6.07) is 12.1. The number of likely N-dealkylation sites (tertiary alicyclic amines) is 1. The van der Waals surface area contributed by atoms with Crippen molar-refractivity contribution in [1.29, 1.82) is 0 Å². The lowest BCUT2D eigenvalue weighted by atomic mass is 9.98. The lowest BCUT2D eigenvalue weighted by molar-refractivity contribution is 0.0698. The summed E-state index contributed by atoms with van der Waals surface area (Å²) in [5, 5.41) is 4.33. The van der Waals surface area contributed by atoms with E-state index in [2.05, 4.69) is 41.3 Å². The van der Waals surface area contributed by atoms with Crippen molar-refractivity contribution in [3.8, 4) is 0 Å². The third kappa shape index (κ3) is 3.70. The lowest BCUT2D eigenvalue weighted by Gasteiger charge is -2.31. The van der Waals surface area contributed by atoms with Gasteiger partial charge in [0.1, 0.15) is 0 Å². The second-order valence-electron chi connectivity index (χ2n) is 7.84. The van der Waals surface area contributed by atoms with Crippen molar-refractivity contribution in [3.05, 3.63) is 59.4 Å². The summed E-state index contributed by atoms with van der Waals surface area (Å²) >= 11 is 0.